The summed E-state index contributed by atoms with van der Waals surface area (Å²) >= 11 is 0. The maximum absolute atomic E-state index is 11.7. The molecule has 0 saturated carbocycles. The largest absolute Gasteiger partial charge is 0.450 e. The summed E-state index contributed by atoms with van der Waals surface area (Å²) in [5, 5.41) is 10.4. The second kappa shape index (κ2) is 7.84. The molecule has 0 bridgehead atoms. The molecule has 0 atom stereocenters. The van der Waals surface area contributed by atoms with Crippen LogP contribution < -0.4 is 0 Å². The Kier molecular flexibility index (Phi) is 6.76. The average Bonchev–Trinajstić information content (AvgIpc) is 2.47. The lowest BCUT2D eigenvalue weighted by molar-refractivity contribution is -0.0141. The van der Waals surface area contributed by atoms with E-state index < -0.39 is 5.60 Å². The van der Waals surface area contributed by atoms with Gasteiger partial charge < -0.3 is 19.6 Å². The van der Waals surface area contributed by atoms with E-state index in [0.29, 0.717) is 6.61 Å². The van der Waals surface area contributed by atoms with Gasteiger partial charge in [-0.3, -0.25) is 0 Å². The molecule has 1 aliphatic rings. The van der Waals surface area contributed by atoms with Gasteiger partial charge >= 0.3 is 6.09 Å². The van der Waals surface area contributed by atoms with Crippen molar-refractivity contribution >= 4 is 6.09 Å². The zero-order chi connectivity index (χ0) is 15.2. The quantitative estimate of drug-likeness (QED) is 0.812. The summed E-state index contributed by atoms with van der Waals surface area (Å²) < 4.78 is 5.03. The van der Waals surface area contributed by atoms with Gasteiger partial charge in [-0.05, 0) is 32.6 Å². The highest BCUT2D eigenvalue weighted by atomic mass is 16.6. The Balaban J connectivity index is 2.42. The molecule has 5 heteroatoms. The summed E-state index contributed by atoms with van der Waals surface area (Å²) in [7, 11) is 1.81. The van der Waals surface area contributed by atoms with Crippen LogP contribution >= 0.6 is 0 Å². The Labute approximate surface area is 122 Å². The fraction of sp³-hybridized carbons (Fsp3) is 0.933. The summed E-state index contributed by atoms with van der Waals surface area (Å²) in [6.45, 7) is 8.89. The molecule has 1 rings (SSSR count). The predicted octanol–water partition coefficient (Wildman–Crippen LogP) is 2.09. The molecule has 0 aromatic heterocycles. The molecule has 0 aromatic carbocycles. The Morgan fingerprint density at radius 2 is 1.85 bits per heavy atom. The number of nitrogens with zero attached hydrogens (tertiary/aromatic N) is 2. The van der Waals surface area contributed by atoms with E-state index >= 15 is 0 Å². The first-order valence-corrected chi connectivity index (χ1v) is 7.80. The maximum Gasteiger partial charge on any atom is 0.409 e. The fourth-order valence-corrected chi connectivity index (χ4v) is 2.73. The van der Waals surface area contributed by atoms with Crippen LogP contribution in [0, 0.1) is 0 Å². The van der Waals surface area contributed by atoms with Gasteiger partial charge in [0, 0.05) is 32.7 Å². The first-order valence-electron chi connectivity index (χ1n) is 7.80. The van der Waals surface area contributed by atoms with Gasteiger partial charge in [0.1, 0.15) is 0 Å². The van der Waals surface area contributed by atoms with Crippen molar-refractivity contribution in [3.05, 3.63) is 0 Å². The van der Waals surface area contributed by atoms with Crippen LogP contribution in [0.2, 0.25) is 0 Å². The third-order valence-electron chi connectivity index (χ3n) is 4.49. The second-order valence-electron chi connectivity index (χ2n) is 5.75. The number of aliphatic hydroxyl groups is 1. The van der Waals surface area contributed by atoms with Crippen molar-refractivity contribution in [2.45, 2.75) is 58.1 Å². The monoisotopic (exact) mass is 286 g/mol. The third kappa shape index (κ3) is 4.63. The molecule has 1 N–H and O–H groups in total. The van der Waals surface area contributed by atoms with E-state index in [4.69, 9.17) is 4.74 Å². The van der Waals surface area contributed by atoms with E-state index in [1.54, 1.807) is 4.90 Å². The summed E-state index contributed by atoms with van der Waals surface area (Å²) in [5.41, 5.74) is -0.570. The highest BCUT2D eigenvalue weighted by molar-refractivity contribution is 5.67. The fourth-order valence-electron chi connectivity index (χ4n) is 2.73. The standard InChI is InChI=1S/C15H30N2O3/c1-5-15(19,6-2)12-17-10-8-13(9-11-17)16(4)14(18)20-7-3/h13,19H,5-12H2,1-4H3. The van der Waals surface area contributed by atoms with Crippen molar-refractivity contribution in [2.75, 3.05) is 33.3 Å². The van der Waals surface area contributed by atoms with E-state index in [9.17, 15) is 9.90 Å². The molecular formula is C15H30N2O3. The molecule has 1 fully saturated rings. The van der Waals surface area contributed by atoms with Gasteiger partial charge in [0.15, 0.2) is 0 Å². The Bertz CT molecular complexity index is 297. The van der Waals surface area contributed by atoms with E-state index in [0.717, 1.165) is 45.3 Å². The lowest BCUT2D eigenvalue weighted by Gasteiger charge is -2.39. The van der Waals surface area contributed by atoms with Gasteiger partial charge in [0.05, 0.1) is 12.2 Å². The zero-order valence-corrected chi connectivity index (χ0v) is 13.4. The second-order valence-corrected chi connectivity index (χ2v) is 5.75. The van der Waals surface area contributed by atoms with Gasteiger partial charge in [0.2, 0.25) is 0 Å². The SMILES string of the molecule is CCOC(=O)N(C)C1CCN(CC(O)(CC)CC)CC1. The molecule has 1 aliphatic heterocycles. The molecule has 0 aromatic rings. The maximum atomic E-state index is 11.7. The van der Waals surface area contributed by atoms with Crippen LogP contribution in [0.15, 0.2) is 0 Å². The van der Waals surface area contributed by atoms with Gasteiger partial charge in [0.25, 0.3) is 0 Å². The molecule has 0 spiro atoms. The average molecular weight is 286 g/mol. The van der Waals surface area contributed by atoms with E-state index in [2.05, 4.69) is 4.90 Å². The summed E-state index contributed by atoms with van der Waals surface area (Å²) in [5.74, 6) is 0. The van der Waals surface area contributed by atoms with Crippen LogP contribution in [-0.4, -0.2) is 65.9 Å². The number of amides is 1. The van der Waals surface area contributed by atoms with Crippen LogP contribution in [0.3, 0.4) is 0 Å². The number of ether oxygens (including phenoxy) is 1. The smallest absolute Gasteiger partial charge is 0.409 e. The summed E-state index contributed by atoms with van der Waals surface area (Å²) in [6, 6.07) is 0.252. The number of β-amino-alcohol motifs (C(OH)–C–C–N with tert-alkyl or cyclic N) is 1. The first kappa shape index (κ1) is 17.2. The van der Waals surface area contributed by atoms with Gasteiger partial charge in [-0.1, -0.05) is 13.8 Å². The minimum atomic E-state index is -0.570. The third-order valence-corrected chi connectivity index (χ3v) is 4.49. The first-order chi connectivity index (χ1) is 9.45. The number of carbonyl (C=O) groups is 1. The zero-order valence-electron chi connectivity index (χ0n) is 13.4. The molecule has 1 amide bonds. The number of hydrogen-bond donors (Lipinski definition) is 1. The van der Waals surface area contributed by atoms with Crippen LogP contribution in [-0.2, 0) is 4.74 Å². The number of rotatable bonds is 6. The lowest BCUT2D eigenvalue weighted by Crippen LogP contribution is -2.50. The van der Waals surface area contributed by atoms with E-state index in [-0.39, 0.29) is 12.1 Å². The molecule has 0 aliphatic carbocycles. The number of piperidine rings is 1. The molecule has 1 saturated heterocycles. The molecule has 20 heavy (non-hydrogen) atoms. The molecule has 5 nitrogen and oxygen atoms in total. The Morgan fingerprint density at radius 1 is 1.30 bits per heavy atom. The van der Waals surface area contributed by atoms with Gasteiger partial charge in [-0.2, -0.15) is 0 Å². The summed E-state index contributed by atoms with van der Waals surface area (Å²) in [6.07, 6.45) is 3.22. The van der Waals surface area contributed by atoms with E-state index in [1.807, 2.05) is 27.8 Å². The molecule has 118 valence electrons. The van der Waals surface area contributed by atoms with Crippen LogP contribution in [0.1, 0.15) is 46.5 Å². The van der Waals surface area contributed by atoms with Crippen molar-refractivity contribution in [3.63, 3.8) is 0 Å². The molecule has 0 radical (unpaired) electrons. The highest BCUT2D eigenvalue weighted by Gasteiger charge is 2.30. The minimum absolute atomic E-state index is 0.232. The van der Waals surface area contributed by atoms with Crippen molar-refractivity contribution < 1.29 is 14.6 Å². The Morgan fingerprint density at radius 3 is 2.30 bits per heavy atom. The van der Waals surface area contributed by atoms with Crippen LogP contribution in [0.25, 0.3) is 0 Å². The molecular weight excluding hydrogens is 256 g/mol. The van der Waals surface area contributed by atoms with Crippen molar-refractivity contribution in [1.29, 1.82) is 0 Å². The van der Waals surface area contributed by atoms with Crippen molar-refractivity contribution in [3.8, 4) is 0 Å². The molecule has 1 heterocycles. The number of carbonyl (C=O) groups excluding carboxylic acids is 1. The minimum Gasteiger partial charge on any atom is -0.450 e. The lowest BCUT2D eigenvalue weighted by atomic mass is 9.95. The number of likely N-dealkylation sites (tertiary alicyclic amines) is 1. The number of hydrogen-bond acceptors (Lipinski definition) is 4. The predicted molar refractivity (Wildman–Crippen MR) is 79.8 cm³/mol. The van der Waals surface area contributed by atoms with Crippen molar-refractivity contribution in [2.24, 2.45) is 0 Å². The normalized spacial score (nSPS) is 18.1. The summed E-state index contributed by atoms with van der Waals surface area (Å²) in [4.78, 5) is 15.7. The van der Waals surface area contributed by atoms with E-state index in [1.165, 1.54) is 0 Å². The topological polar surface area (TPSA) is 53.0 Å². The van der Waals surface area contributed by atoms with Crippen molar-refractivity contribution in [1.82, 2.24) is 9.80 Å². The molecule has 0 unspecified atom stereocenters. The van der Waals surface area contributed by atoms with Crippen LogP contribution in [0.5, 0.6) is 0 Å². The van der Waals surface area contributed by atoms with Gasteiger partial charge in [-0.25, -0.2) is 4.79 Å². The van der Waals surface area contributed by atoms with Crippen LogP contribution in [0.4, 0.5) is 4.79 Å². The highest BCUT2D eigenvalue weighted by Crippen LogP contribution is 2.21. The van der Waals surface area contributed by atoms with Gasteiger partial charge in [-0.15, -0.1) is 0 Å². The Hall–Kier alpha value is -0.810.